The van der Waals surface area contributed by atoms with Gasteiger partial charge in [0.1, 0.15) is 5.82 Å². The number of halogens is 1. The fraction of sp³-hybridized carbons (Fsp3) is 0.174. The summed E-state index contributed by atoms with van der Waals surface area (Å²) in [6, 6.07) is 19.2. The minimum Gasteiger partial charge on any atom is -0.352 e. The van der Waals surface area contributed by atoms with Crippen molar-refractivity contribution >= 4 is 21.6 Å². The van der Waals surface area contributed by atoms with Crippen LogP contribution in [0.3, 0.4) is 0 Å². The Bertz CT molecular complexity index is 1130. The zero-order chi connectivity index (χ0) is 21.6. The van der Waals surface area contributed by atoms with Gasteiger partial charge in [0.25, 0.3) is 15.9 Å². The molecule has 0 atom stereocenters. The summed E-state index contributed by atoms with van der Waals surface area (Å²) in [6.07, 6.45) is 1.39. The molecule has 7 heteroatoms. The third kappa shape index (κ3) is 5.90. The first kappa shape index (κ1) is 21.5. The summed E-state index contributed by atoms with van der Waals surface area (Å²) in [5, 5.41) is 2.79. The van der Waals surface area contributed by atoms with E-state index in [-0.39, 0.29) is 22.2 Å². The summed E-state index contributed by atoms with van der Waals surface area (Å²) in [4.78, 5) is 12.4. The average molecular weight is 427 g/mol. The second kappa shape index (κ2) is 9.54. The van der Waals surface area contributed by atoms with Crippen LogP contribution in [0.1, 0.15) is 27.9 Å². The maximum absolute atomic E-state index is 12.9. The second-order valence-corrected chi connectivity index (χ2v) is 8.67. The standard InChI is InChI=1S/C23H23FN2O3S/c1-17-5-2-8-21(15-17)26-30(28,29)22-9-3-7-19(16-22)23(27)25-14-4-6-18-10-12-20(24)13-11-18/h2-3,5,7-13,15-16,26H,4,6,14H2,1H3,(H,25,27). The van der Waals surface area contributed by atoms with Crippen molar-refractivity contribution in [1.29, 1.82) is 0 Å². The molecule has 0 heterocycles. The lowest BCUT2D eigenvalue weighted by molar-refractivity contribution is 0.0953. The highest BCUT2D eigenvalue weighted by Crippen LogP contribution is 2.18. The smallest absolute Gasteiger partial charge is 0.261 e. The summed E-state index contributed by atoms with van der Waals surface area (Å²) < 4.78 is 40.8. The van der Waals surface area contributed by atoms with E-state index in [1.807, 2.05) is 13.0 Å². The van der Waals surface area contributed by atoms with E-state index in [9.17, 15) is 17.6 Å². The quantitative estimate of drug-likeness (QED) is 0.528. The van der Waals surface area contributed by atoms with E-state index in [2.05, 4.69) is 10.0 Å². The summed E-state index contributed by atoms with van der Waals surface area (Å²) in [5.74, 6) is -0.625. The van der Waals surface area contributed by atoms with Gasteiger partial charge < -0.3 is 5.32 Å². The van der Waals surface area contributed by atoms with Crippen molar-refractivity contribution in [3.63, 3.8) is 0 Å². The number of nitrogens with one attached hydrogen (secondary N) is 2. The summed E-state index contributed by atoms with van der Waals surface area (Å²) in [5.41, 5.74) is 2.65. The van der Waals surface area contributed by atoms with Crippen LogP contribution in [-0.2, 0) is 16.4 Å². The molecule has 0 saturated carbocycles. The number of carbonyl (C=O) groups is 1. The molecule has 0 bridgehead atoms. The van der Waals surface area contributed by atoms with Gasteiger partial charge in [-0.15, -0.1) is 0 Å². The number of benzene rings is 3. The van der Waals surface area contributed by atoms with E-state index in [1.165, 1.54) is 30.3 Å². The van der Waals surface area contributed by atoms with Crippen LogP contribution < -0.4 is 10.0 Å². The summed E-state index contributed by atoms with van der Waals surface area (Å²) in [6.45, 7) is 2.30. The van der Waals surface area contributed by atoms with E-state index in [4.69, 9.17) is 0 Å². The second-order valence-electron chi connectivity index (χ2n) is 6.99. The highest BCUT2D eigenvalue weighted by molar-refractivity contribution is 7.92. The molecule has 0 aliphatic carbocycles. The molecule has 3 rings (SSSR count). The topological polar surface area (TPSA) is 75.3 Å². The molecule has 3 aromatic carbocycles. The van der Waals surface area contributed by atoms with Gasteiger partial charge in [-0.1, -0.05) is 30.3 Å². The number of rotatable bonds is 8. The van der Waals surface area contributed by atoms with Gasteiger partial charge in [0.2, 0.25) is 0 Å². The lowest BCUT2D eigenvalue weighted by Gasteiger charge is -2.10. The van der Waals surface area contributed by atoms with E-state index < -0.39 is 10.0 Å². The fourth-order valence-corrected chi connectivity index (χ4v) is 4.07. The lowest BCUT2D eigenvalue weighted by atomic mass is 10.1. The van der Waals surface area contributed by atoms with Gasteiger partial charge in [-0.2, -0.15) is 0 Å². The molecule has 0 spiro atoms. The number of amides is 1. The van der Waals surface area contributed by atoms with Crippen LogP contribution >= 0.6 is 0 Å². The number of carbonyl (C=O) groups excluding carboxylic acids is 1. The van der Waals surface area contributed by atoms with Gasteiger partial charge in [-0.3, -0.25) is 9.52 Å². The van der Waals surface area contributed by atoms with Gasteiger partial charge in [0, 0.05) is 17.8 Å². The van der Waals surface area contributed by atoms with Crippen molar-refractivity contribution in [3.8, 4) is 0 Å². The van der Waals surface area contributed by atoms with Gasteiger partial charge in [0.15, 0.2) is 0 Å². The first-order valence-electron chi connectivity index (χ1n) is 9.56. The fourth-order valence-electron chi connectivity index (χ4n) is 2.97. The normalized spacial score (nSPS) is 11.1. The highest BCUT2D eigenvalue weighted by Gasteiger charge is 2.16. The lowest BCUT2D eigenvalue weighted by Crippen LogP contribution is -2.25. The Kier molecular flexibility index (Phi) is 6.84. The van der Waals surface area contributed by atoms with Crippen LogP contribution in [0, 0.1) is 12.7 Å². The Labute approximate surface area is 176 Å². The number of anilines is 1. The average Bonchev–Trinajstić information content (AvgIpc) is 2.72. The van der Waals surface area contributed by atoms with Gasteiger partial charge in [-0.25, -0.2) is 12.8 Å². The summed E-state index contributed by atoms with van der Waals surface area (Å²) in [7, 11) is -3.81. The molecule has 0 radical (unpaired) electrons. The molecule has 0 aliphatic rings. The van der Waals surface area contributed by atoms with Crippen molar-refractivity contribution in [2.75, 3.05) is 11.3 Å². The molecule has 0 aliphatic heterocycles. The Morgan fingerprint density at radius 1 is 0.967 bits per heavy atom. The highest BCUT2D eigenvalue weighted by atomic mass is 32.2. The third-order valence-electron chi connectivity index (χ3n) is 4.52. The van der Waals surface area contributed by atoms with Crippen LogP contribution in [0.25, 0.3) is 0 Å². The van der Waals surface area contributed by atoms with Crippen molar-refractivity contribution in [2.45, 2.75) is 24.7 Å². The molecule has 3 aromatic rings. The maximum Gasteiger partial charge on any atom is 0.261 e. The largest absolute Gasteiger partial charge is 0.352 e. The molecule has 0 aromatic heterocycles. The van der Waals surface area contributed by atoms with Crippen LogP contribution in [0.5, 0.6) is 0 Å². The first-order chi connectivity index (χ1) is 14.3. The Morgan fingerprint density at radius 2 is 1.70 bits per heavy atom. The predicted molar refractivity (Wildman–Crippen MR) is 115 cm³/mol. The molecule has 156 valence electrons. The van der Waals surface area contributed by atoms with Crippen LogP contribution in [0.15, 0.2) is 77.7 Å². The zero-order valence-electron chi connectivity index (χ0n) is 16.6. The molecule has 2 N–H and O–H groups in total. The van der Waals surface area contributed by atoms with Gasteiger partial charge in [-0.05, 0) is 73.4 Å². The van der Waals surface area contributed by atoms with E-state index in [0.717, 1.165) is 11.1 Å². The predicted octanol–water partition coefficient (Wildman–Crippen LogP) is 4.30. The number of hydrogen-bond donors (Lipinski definition) is 2. The number of sulfonamides is 1. The summed E-state index contributed by atoms with van der Waals surface area (Å²) >= 11 is 0. The van der Waals surface area contributed by atoms with E-state index >= 15 is 0 Å². The maximum atomic E-state index is 12.9. The zero-order valence-corrected chi connectivity index (χ0v) is 17.4. The number of hydrogen-bond acceptors (Lipinski definition) is 3. The molecule has 0 fully saturated rings. The Morgan fingerprint density at radius 3 is 2.43 bits per heavy atom. The van der Waals surface area contributed by atoms with E-state index in [0.29, 0.717) is 25.1 Å². The minimum absolute atomic E-state index is 0.0166. The Balaban J connectivity index is 1.59. The van der Waals surface area contributed by atoms with Crippen molar-refractivity contribution < 1.29 is 17.6 Å². The van der Waals surface area contributed by atoms with Crippen molar-refractivity contribution in [1.82, 2.24) is 5.32 Å². The molecule has 0 saturated heterocycles. The van der Waals surface area contributed by atoms with Crippen molar-refractivity contribution in [2.24, 2.45) is 0 Å². The van der Waals surface area contributed by atoms with Gasteiger partial charge in [0.05, 0.1) is 4.90 Å². The van der Waals surface area contributed by atoms with Gasteiger partial charge >= 0.3 is 0 Å². The first-order valence-corrected chi connectivity index (χ1v) is 11.0. The minimum atomic E-state index is -3.81. The Hall–Kier alpha value is -3.19. The number of aryl methyl sites for hydroxylation is 2. The van der Waals surface area contributed by atoms with Crippen molar-refractivity contribution in [3.05, 3.63) is 95.3 Å². The molecular formula is C23H23FN2O3S. The van der Waals surface area contributed by atoms with Crippen LogP contribution in [0.2, 0.25) is 0 Å². The molecule has 30 heavy (non-hydrogen) atoms. The third-order valence-corrected chi connectivity index (χ3v) is 5.90. The SMILES string of the molecule is Cc1cccc(NS(=O)(=O)c2cccc(C(=O)NCCCc3ccc(F)cc3)c2)c1. The molecular weight excluding hydrogens is 403 g/mol. The molecule has 5 nitrogen and oxygen atoms in total. The van der Waals surface area contributed by atoms with E-state index in [1.54, 1.807) is 36.4 Å². The molecule has 0 unspecified atom stereocenters. The monoisotopic (exact) mass is 426 g/mol. The van der Waals surface area contributed by atoms with Crippen LogP contribution in [-0.4, -0.2) is 20.9 Å². The van der Waals surface area contributed by atoms with Crippen LogP contribution in [0.4, 0.5) is 10.1 Å². The molecule has 1 amide bonds.